The van der Waals surface area contributed by atoms with E-state index in [4.69, 9.17) is 0 Å². The van der Waals surface area contributed by atoms with Crippen molar-refractivity contribution in [3.63, 3.8) is 0 Å². The average molecular weight is 208 g/mol. The number of aromatic amines is 1. The van der Waals surface area contributed by atoms with Crippen LogP contribution in [0.2, 0.25) is 0 Å². The van der Waals surface area contributed by atoms with Crippen molar-refractivity contribution in [3.05, 3.63) is 12.4 Å². The van der Waals surface area contributed by atoms with Crippen LogP contribution in [0, 0.1) is 0 Å². The number of imidazole rings is 1. The molecule has 0 radical (unpaired) electrons. The molecule has 15 heavy (non-hydrogen) atoms. The lowest BCUT2D eigenvalue weighted by Crippen LogP contribution is -2.53. The van der Waals surface area contributed by atoms with Crippen LogP contribution in [0.1, 0.15) is 20.8 Å². The number of nitrogens with one attached hydrogen (secondary N) is 1. The van der Waals surface area contributed by atoms with Gasteiger partial charge in [0.25, 0.3) is 0 Å². The van der Waals surface area contributed by atoms with Gasteiger partial charge >= 0.3 is 0 Å². The molecule has 1 aliphatic rings. The molecule has 84 valence electrons. The molecule has 0 saturated carbocycles. The molecule has 4 heteroatoms. The second-order valence-corrected chi connectivity index (χ2v) is 5.06. The number of piperazine rings is 1. The molecule has 0 spiro atoms. The Bertz CT molecular complexity index is 291. The summed E-state index contributed by atoms with van der Waals surface area (Å²) in [5, 5.41) is 0. The van der Waals surface area contributed by atoms with Crippen molar-refractivity contribution in [2.24, 2.45) is 0 Å². The van der Waals surface area contributed by atoms with Crippen molar-refractivity contribution in [2.75, 3.05) is 31.1 Å². The molecule has 0 atom stereocenters. The van der Waals surface area contributed by atoms with Gasteiger partial charge in [0.15, 0.2) is 0 Å². The Morgan fingerprint density at radius 1 is 1.20 bits per heavy atom. The van der Waals surface area contributed by atoms with E-state index >= 15 is 0 Å². The molecule has 1 aromatic heterocycles. The van der Waals surface area contributed by atoms with E-state index in [2.05, 4.69) is 40.5 Å². The zero-order valence-electron chi connectivity index (χ0n) is 9.82. The number of hydrogen-bond acceptors (Lipinski definition) is 3. The molecule has 1 fully saturated rings. The van der Waals surface area contributed by atoms with Crippen LogP contribution in [0.4, 0.5) is 5.95 Å². The quantitative estimate of drug-likeness (QED) is 0.756. The van der Waals surface area contributed by atoms with E-state index in [9.17, 15) is 0 Å². The first-order valence-corrected chi connectivity index (χ1v) is 5.57. The Morgan fingerprint density at radius 2 is 1.87 bits per heavy atom. The highest BCUT2D eigenvalue weighted by atomic mass is 15.3. The summed E-state index contributed by atoms with van der Waals surface area (Å²) in [7, 11) is 0. The Labute approximate surface area is 91.3 Å². The first-order valence-electron chi connectivity index (χ1n) is 5.57. The maximum absolute atomic E-state index is 4.28. The van der Waals surface area contributed by atoms with Crippen molar-refractivity contribution in [2.45, 2.75) is 26.3 Å². The predicted octanol–water partition coefficient (Wildman–Crippen LogP) is 1.33. The summed E-state index contributed by atoms with van der Waals surface area (Å²) < 4.78 is 0. The smallest absolute Gasteiger partial charge is 0.202 e. The molecule has 1 saturated heterocycles. The van der Waals surface area contributed by atoms with E-state index in [-0.39, 0.29) is 5.54 Å². The maximum Gasteiger partial charge on any atom is 0.202 e. The van der Waals surface area contributed by atoms with Crippen molar-refractivity contribution in [1.29, 1.82) is 0 Å². The fourth-order valence-electron chi connectivity index (χ4n) is 2.02. The van der Waals surface area contributed by atoms with Gasteiger partial charge in [0.1, 0.15) is 0 Å². The molecule has 1 N–H and O–H groups in total. The maximum atomic E-state index is 4.28. The van der Waals surface area contributed by atoms with Crippen molar-refractivity contribution in [3.8, 4) is 0 Å². The topological polar surface area (TPSA) is 35.2 Å². The fraction of sp³-hybridized carbons (Fsp3) is 0.727. The third-order valence-corrected chi connectivity index (χ3v) is 3.01. The number of aromatic nitrogens is 2. The standard InChI is InChI=1S/C11H20N4/c1-11(2,3)15-8-6-14(7-9-15)10-12-4-5-13-10/h4-5H,6-9H2,1-3H3,(H,12,13). The van der Waals surface area contributed by atoms with Crippen molar-refractivity contribution in [1.82, 2.24) is 14.9 Å². The molecule has 0 aliphatic carbocycles. The number of anilines is 1. The number of hydrogen-bond donors (Lipinski definition) is 1. The lowest BCUT2D eigenvalue weighted by molar-refractivity contribution is 0.128. The molecule has 2 heterocycles. The largest absolute Gasteiger partial charge is 0.340 e. The molecule has 1 aliphatic heterocycles. The van der Waals surface area contributed by atoms with E-state index in [1.807, 2.05) is 12.4 Å². The number of H-pyrrole nitrogens is 1. The summed E-state index contributed by atoms with van der Waals surface area (Å²) in [4.78, 5) is 12.3. The van der Waals surface area contributed by atoms with Gasteiger partial charge in [0, 0.05) is 44.1 Å². The van der Waals surface area contributed by atoms with Gasteiger partial charge in [-0.25, -0.2) is 4.98 Å². The highest BCUT2D eigenvalue weighted by Crippen LogP contribution is 2.17. The zero-order valence-corrected chi connectivity index (χ0v) is 9.82. The van der Waals surface area contributed by atoms with Crippen LogP contribution >= 0.6 is 0 Å². The van der Waals surface area contributed by atoms with Crippen LogP contribution in [0.5, 0.6) is 0 Å². The monoisotopic (exact) mass is 208 g/mol. The van der Waals surface area contributed by atoms with Gasteiger partial charge in [0.2, 0.25) is 5.95 Å². The fourth-order valence-corrected chi connectivity index (χ4v) is 2.02. The SMILES string of the molecule is CC(C)(C)N1CCN(c2ncc[nH]2)CC1. The van der Waals surface area contributed by atoms with Gasteiger partial charge in [-0.05, 0) is 20.8 Å². The summed E-state index contributed by atoms with van der Waals surface area (Å²) in [6, 6.07) is 0. The van der Waals surface area contributed by atoms with Gasteiger partial charge < -0.3 is 9.88 Å². The summed E-state index contributed by atoms with van der Waals surface area (Å²) in [6.07, 6.45) is 3.69. The lowest BCUT2D eigenvalue weighted by atomic mass is 10.1. The Balaban J connectivity index is 1.93. The average Bonchev–Trinajstić information content (AvgIpc) is 2.69. The first kappa shape index (κ1) is 10.5. The molecule has 0 unspecified atom stereocenters. The van der Waals surface area contributed by atoms with E-state index in [1.54, 1.807) is 0 Å². The molecule has 1 aromatic rings. The van der Waals surface area contributed by atoms with E-state index in [0.717, 1.165) is 32.1 Å². The Hall–Kier alpha value is -1.03. The van der Waals surface area contributed by atoms with Gasteiger partial charge in [-0.15, -0.1) is 0 Å². The highest BCUT2D eigenvalue weighted by Gasteiger charge is 2.26. The van der Waals surface area contributed by atoms with Crippen LogP contribution in [0.25, 0.3) is 0 Å². The van der Waals surface area contributed by atoms with Crippen LogP contribution < -0.4 is 4.90 Å². The van der Waals surface area contributed by atoms with Crippen LogP contribution in [-0.4, -0.2) is 46.6 Å². The van der Waals surface area contributed by atoms with Gasteiger partial charge in [-0.2, -0.15) is 0 Å². The summed E-state index contributed by atoms with van der Waals surface area (Å²) >= 11 is 0. The molecular weight excluding hydrogens is 188 g/mol. The minimum absolute atomic E-state index is 0.287. The summed E-state index contributed by atoms with van der Waals surface area (Å²) in [5.41, 5.74) is 0.287. The zero-order chi connectivity index (χ0) is 10.9. The van der Waals surface area contributed by atoms with Crippen LogP contribution in [-0.2, 0) is 0 Å². The normalized spacial score (nSPS) is 19.5. The summed E-state index contributed by atoms with van der Waals surface area (Å²) in [5.74, 6) is 1.00. The van der Waals surface area contributed by atoms with E-state index < -0.39 is 0 Å². The molecular formula is C11H20N4. The molecule has 0 amide bonds. The van der Waals surface area contributed by atoms with Crippen LogP contribution in [0.15, 0.2) is 12.4 Å². The second kappa shape index (κ2) is 3.85. The first-order chi connectivity index (χ1) is 7.07. The highest BCUT2D eigenvalue weighted by molar-refractivity contribution is 5.29. The lowest BCUT2D eigenvalue weighted by Gasteiger charge is -2.42. The van der Waals surface area contributed by atoms with E-state index in [1.165, 1.54) is 0 Å². The second-order valence-electron chi connectivity index (χ2n) is 5.06. The predicted molar refractivity (Wildman–Crippen MR) is 62.1 cm³/mol. The van der Waals surface area contributed by atoms with E-state index in [0.29, 0.717) is 0 Å². The third kappa shape index (κ3) is 2.31. The number of nitrogens with zero attached hydrogens (tertiary/aromatic N) is 3. The minimum Gasteiger partial charge on any atom is -0.340 e. The van der Waals surface area contributed by atoms with Gasteiger partial charge in [-0.3, -0.25) is 4.90 Å². The molecule has 2 rings (SSSR count). The summed E-state index contributed by atoms with van der Waals surface area (Å²) in [6.45, 7) is 11.2. The Kier molecular flexibility index (Phi) is 2.69. The van der Waals surface area contributed by atoms with Gasteiger partial charge in [-0.1, -0.05) is 0 Å². The van der Waals surface area contributed by atoms with Crippen molar-refractivity contribution < 1.29 is 0 Å². The molecule has 4 nitrogen and oxygen atoms in total. The number of rotatable bonds is 1. The minimum atomic E-state index is 0.287. The van der Waals surface area contributed by atoms with Gasteiger partial charge in [0.05, 0.1) is 0 Å². The van der Waals surface area contributed by atoms with Crippen molar-refractivity contribution >= 4 is 5.95 Å². The Morgan fingerprint density at radius 3 is 2.33 bits per heavy atom. The molecule has 0 aromatic carbocycles. The molecule has 0 bridgehead atoms. The third-order valence-electron chi connectivity index (χ3n) is 3.01. The van der Waals surface area contributed by atoms with Crippen LogP contribution in [0.3, 0.4) is 0 Å².